The van der Waals surface area contributed by atoms with Crippen LogP contribution in [0.1, 0.15) is 19.8 Å². The van der Waals surface area contributed by atoms with Crippen molar-refractivity contribution in [2.75, 3.05) is 31.7 Å². The van der Waals surface area contributed by atoms with Crippen molar-refractivity contribution >= 4 is 17.7 Å². The second-order valence-electron chi connectivity index (χ2n) is 3.20. The molecule has 4 heteroatoms. The molecule has 0 unspecified atom stereocenters. The summed E-state index contributed by atoms with van der Waals surface area (Å²) in [4.78, 5) is 11.1. The molecule has 0 fully saturated rings. The predicted octanol–water partition coefficient (Wildman–Crippen LogP) is 1.84. The highest BCUT2D eigenvalue weighted by Gasteiger charge is 2.05. The number of rotatable bonds is 9. The molecule has 1 N–H and O–H groups in total. The molecule has 0 aliphatic heterocycles. The third-order valence-electron chi connectivity index (χ3n) is 1.85. The number of esters is 1. The number of nitrogens with one attached hydrogen (secondary N) is 1. The van der Waals surface area contributed by atoms with Crippen LogP contribution in [0.15, 0.2) is 12.2 Å². The smallest absolute Gasteiger partial charge is 0.334 e. The Bertz CT molecular complexity index is 195. The summed E-state index contributed by atoms with van der Waals surface area (Å²) in [6, 6.07) is 0. The van der Waals surface area contributed by atoms with Crippen molar-refractivity contribution in [1.29, 1.82) is 0 Å². The minimum Gasteiger partial charge on any atom is -0.463 e. The van der Waals surface area contributed by atoms with Crippen LogP contribution in [0.25, 0.3) is 0 Å². The van der Waals surface area contributed by atoms with E-state index in [1.165, 1.54) is 12.2 Å². The maximum Gasteiger partial charge on any atom is 0.334 e. The third-order valence-corrected chi connectivity index (χ3v) is 2.55. The van der Waals surface area contributed by atoms with E-state index in [2.05, 4.69) is 18.2 Å². The Balaban J connectivity index is 3.35. The Kier molecular flexibility index (Phi) is 9.73. The van der Waals surface area contributed by atoms with Gasteiger partial charge in [-0.2, -0.15) is 11.8 Å². The van der Waals surface area contributed by atoms with E-state index in [1.54, 1.807) is 6.92 Å². The van der Waals surface area contributed by atoms with Crippen LogP contribution in [0.3, 0.4) is 0 Å². The first kappa shape index (κ1) is 14.5. The van der Waals surface area contributed by atoms with Crippen molar-refractivity contribution in [2.45, 2.75) is 19.8 Å². The lowest BCUT2D eigenvalue weighted by atomic mass is 10.3. The fourth-order valence-electron chi connectivity index (χ4n) is 1.04. The molecule has 0 aromatic carbocycles. The topological polar surface area (TPSA) is 38.3 Å². The number of hydrogen-bond acceptors (Lipinski definition) is 4. The van der Waals surface area contributed by atoms with Gasteiger partial charge in [-0.3, -0.25) is 0 Å². The van der Waals surface area contributed by atoms with Crippen LogP contribution in [0, 0.1) is 0 Å². The summed E-state index contributed by atoms with van der Waals surface area (Å²) in [5.41, 5.74) is 0.502. The molecule has 0 radical (unpaired) electrons. The first-order valence-electron chi connectivity index (χ1n) is 5.27. The van der Waals surface area contributed by atoms with Crippen LogP contribution in [0.5, 0.6) is 0 Å². The van der Waals surface area contributed by atoms with E-state index in [4.69, 9.17) is 4.74 Å². The Hall–Kier alpha value is -0.480. The van der Waals surface area contributed by atoms with Gasteiger partial charge < -0.3 is 10.1 Å². The minimum absolute atomic E-state index is 0.297. The molecule has 0 aliphatic carbocycles. The standard InChI is InChI=1S/C11H21NO2S/c1-4-14-11(13)10(2)9-12-7-5-6-8-15-3/h12H,2,4-9H2,1,3H3. The second kappa shape index (κ2) is 10.1. The Morgan fingerprint density at radius 2 is 2.20 bits per heavy atom. The van der Waals surface area contributed by atoms with E-state index < -0.39 is 0 Å². The molecule has 0 aromatic heterocycles. The molecule has 0 rings (SSSR count). The zero-order valence-corrected chi connectivity index (χ0v) is 10.5. The third kappa shape index (κ3) is 8.51. The highest BCUT2D eigenvalue weighted by Crippen LogP contribution is 1.98. The summed E-state index contributed by atoms with van der Waals surface area (Å²) < 4.78 is 4.82. The zero-order valence-electron chi connectivity index (χ0n) is 9.67. The van der Waals surface area contributed by atoms with E-state index in [1.807, 2.05) is 11.8 Å². The maximum atomic E-state index is 11.1. The van der Waals surface area contributed by atoms with E-state index in [-0.39, 0.29) is 5.97 Å². The summed E-state index contributed by atoms with van der Waals surface area (Å²) in [5, 5.41) is 3.17. The lowest BCUT2D eigenvalue weighted by molar-refractivity contribution is -0.138. The van der Waals surface area contributed by atoms with Gasteiger partial charge in [0.05, 0.1) is 6.61 Å². The number of unbranched alkanes of at least 4 members (excludes halogenated alkanes) is 1. The SMILES string of the molecule is C=C(CNCCCCSC)C(=O)OCC. The van der Waals surface area contributed by atoms with Gasteiger partial charge in [-0.05, 0) is 38.3 Å². The van der Waals surface area contributed by atoms with Crippen molar-refractivity contribution in [1.82, 2.24) is 5.32 Å². The minimum atomic E-state index is -0.297. The molecule has 88 valence electrons. The predicted molar refractivity (Wildman–Crippen MR) is 66.3 cm³/mol. The number of hydrogen-bond donors (Lipinski definition) is 1. The summed E-state index contributed by atoms with van der Waals surface area (Å²) in [6.07, 6.45) is 4.45. The van der Waals surface area contributed by atoms with E-state index in [0.29, 0.717) is 18.7 Å². The van der Waals surface area contributed by atoms with Crippen molar-refractivity contribution in [3.8, 4) is 0 Å². The van der Waals surface area contributed by atoms with Crippen LogP contribution in [0.2, 0.25) is 0 Å². The molecule has 0 atom stereocenters. The molecule has 0 aromatic rings. The largest absolute Gasteiger partial charge is 0.463 e. The molecule has 0 amide bonds. The van der Waals surface area contributed by atoms with Crippen molar-refractivity contribution < 1.29 is 9.53 Å². The lowest BCUT2D eigenvalue weighted by Gasteiger charge is -2.06. The van der Waals surface area contributed by atoms with E-state index in [0.717, 1.165) is 13.0 Å². The van der Waals surface area contributed by atoms with Crippen LogP contribution in [-0.4, -0.2) is 37.7 Å². The maximum absolute atomic E-state index is 11.1. The fourth-order valence-corrected chi connectivity index (χ4v) is 1.53. The summed E-state index contributed by atoms with van der Waals surface area (Å²) in [7, 11) is 0. The van der Waals surface area contributed by atoms with Crippen LogP contribution >= 0.6 is 11.8 Å². The van der Waals surface area contributed by atoms with Crippen molar-refractivity contribution in [2.24, 2.45) is 0 Å². The average Bonchev–Trinajstić information content (AvgIpc) is 2.23. The van der Waals surface area contributed by atoms with Gasteiger partial charge >= 0.3 is 5.97 Å². The lowest BCUT2D eigenvalue weighted by Crippen LogP contribution is -2.22. The Labute approximate surface area is 96.6 Å². The van der Waals surface area contributed by atoms with Crippen LogP contribution < -0.4 is 5.32 Å². The molecule has 15 heavy (non-hydrogen) atoms. The highest BCUT2D eigenvalue weighted by atomic mass is 32.2. The summed E-state index contributed by atoms with van der Waals surface area (Å²) in [6.45, 7) is 7.32. The van der Waals surface area contributed by atoms with Gasteiger partial charge in [0.25, 0.3) is 0 Å². The molecule has 0 saturated heterocycles. The fraction of sp³-hybridized carbons (Fsp3) is 0.727. The van der Waals surface area contributed by atoms with Gasteiger partial charge in [0.1, 0.15) is 0 Å². The van der Waals surface area contributed by atoms with Gasteiger partial charge in [0.2, 0.25) is 0 Å². The first-order valence-corrected chi connectivity index (χ1v) is 6.66. The molecular formula is C11H21NO2S. The van der Waals surface area contributed by atoms with Gasteiger partial charge in [0, 0.05) is 12.1 Å². The first-order chi connectivity index (χ1) is 7.22. The number of thioether (sulfide) groups is 1. The quantitative estimate of drug-likeness (QED) is 0.373. The average molecular weight is 231 g/mol. The summed E-state index contributed by atoms with van der Waals surface area (Å²) in [5.74, 6) is 0.898. The van der Waals surface area contributed by atoms with Gasteiger partial charge in [0.15, 0.2) is 0 Å². The van der Waals surface area contributed by atoms with Gasteiger partial charge in [-0.25, -0.2) is 4.79 Å². The van der Waals surface area contributed by atoms with Crippen molar-refractivity contribution in [3.63, 3.8) is 0 Å². The Morgan fingerprint density at radius 1 is 1.47 bits per heavy atom. The second-order valence-corrected chi connectivity index (χ2v) is 4.19. The Morgan fingerprint density at radius 3 is 2.80 bits per heavy atom. The van der Waals surface area contributed by atoms with Crippen molar-refractivity contribution in [3.05, 3.63) is 12.2 Å². The number of carbonyl (C=O) groups excluding carboxylic acids is 1. The number of ether oxygens (including phenoxy) is 1. The summed E-state index contributed by atoms with van der Waals surface area (Å²) >= 11 is 1.86. The van der Waals surface area contributed by atoms with E-state index in [9.17, 15) is 4.79 Å². The van der Waals surface area contributed by atoms with Crippen LogP contribution in [0.4, 0.5) is 0 Å². The molecule has 0 saturated carbocycles. The zero-order chi connectivity index (χ0) is 11.5. The van der Waals surface area contributed by atoms with Crippen LogP contribution in [-0.2, 0) is 9.53 Å². The molecule has 3 nitrogen and oxygen atoms in total. The molecule has 0 bridgehead atoms. The number of carbonyl (C=O) groups is 1. The molecule has 0 aliphatic rings. The van der Waals surface area contributed by atoms with Gasteiger partial charge in [-0.1, -0.05) is 6.58 Å². The normalized spacial score (nSPS) is 10.0. The molecular weight excluding hydrogens is 210 g/mol. The monoisotopic (exact) mass is 231 g/mol. The molecule has 0 spiro atoms. The molecule has 0 heterocycles. The highest BCUT2D eigenvalue weighted by molar-refractivity contribution is 7.98. The van der Waals surface area contributed by atoms with Gasteiger partial charge in [-0.15, -0.1) is 0 Å². The van der Waals surface area contributed by atoms with E-state index >= 15 is 0 Å².